The SMILES string of the molecule is O=C1C2C3CCC(C3)C2C(=O)N1c1cccc(Cl)c1Cl. The molecule has 3 aliphatic rings. The molecule has 4 atom stereocenters. The molecule has 4 unspecified atom stereocenters. The lowest BCUT2D eigenvalue weighted by Crippen LogP contribution is -2.33. The van der Waals surface area contributed by atoms with Crippen molar-refractivity contribution in [3.63, 3.8) is 0 Å². The third-order valence-corrected chi connectivity index (χ3v) is 5.91. The summed E-state index contributed by atoms with van der Waals surface area (Å²) >= 11 is 12.2. The second-order valence-corrected chi connectivity index (χ2v) is 6.75. The van der Waals surface area contributed by atoms with Gasteiger partial charge in [0.15, 0.2) is 0 Å². The van der Waals surface area contributed by atoms with Crippen molar-refractivity contribution in [2.75, 3.05) is 4.90 Å². The van der Waals surface area contributed by atoms with Gasteiger partial charge in [0.1, 0.15) is 0 Å². The number of hydrogen-bond acceptors (Lipinski definition) is 2. The summed E-state index contributed by atoms with van der Waals surface area (Å²) in [6, 6.07) is 5.06. The van der Waals surface area contributed by atoms with Crippen molar-refractivity contribution >= 4 is 40.7 Å². The molecule has 1 aliphatic heterocycles. The fraction of sp³-hybridized carbons (Fsp3) is 0.467. The van der Waals surface area contributed by atoms with Crippen LogP contribution < -0.4 is 4.90 Å². The van der Waals surface area contributed by atoms with E-state index in [-0.39, 0.29) is 28.7 Å². The molecule has 2 bridgehead atoms. The van der Waals surface area contributed by atoms with Crippen LogP contribution in [0.4, 0.5) is 5.69 Å². The second-order valence-electron chi connectivity index (χ2n) is 5.97. The van der Waals surface area contributed by atoms with Gasteiger partial charge in [0.05, 0.1) is 27.6 Å². The number of halogens is 2. The average Bonchev–Trinajstić information content (AvgIpc) is 3.09. The normalized spacial score (nSPS) is 35.0. The molecule has 4 rings (SSSR count). The Hall–Kier alpha value is -1.06. The van der Waals surface area contributed by atoms with Crippen molar-refractivity contribution in [3.05, 3.63) is 28.2 Å². The van der Waals surface area contributed by atoms with Gasteiger partial charge in [-0.15, -0.1) is 0 Å². The molecule has 1 aromatic rings. The minimum Gasteiger partial charge on any atom is -0.274 e. The van der Waals surface area contributed by atoms with E-state index in [1.165, 1.54) is 4.90 Å². The minimum atomic E-state index is -0.128. The summed E-state index contributed by atoms with van der Waals surface area (Å²) in [4.78, 5) is 26.6. The van der Waals surface area contributed by atoms with E-state index in [1.54, 1.807) is 18.2 Å². The maximum atomic E-state index is 12.7. The van der Waals surface area contributed by atoms with E-state index in [4.69, 9.17) is 23.2 Å². The Morgan fingerprint density at radius 1 is 1.00 bits per heavy atom. The highest BCUT2D eigenvalue weighted by Gasteiger charge is 2.61. The lowest BCUT2D eigenvalue weighted by molar-refractivity contribution is -0.123. The molecule has 3 nitrogen and oxygen atoms in total. The third kappa shape index (κ3) is 1.48. The van der Waals surface area contributed by atoms with Gasteiger partial charge < -0.3 is 0 Å². The van der Waals surface area contributed by atoms with Gasteiger partial charge in [0.2, 0.25) is 11.8 Å². The molecule has 1 heterocycles. The Kier molecular flexibility index (Phi) is 2.67. The highest BCUT2D eigenvalue weighted by atomic mass is 35.5. The zero-order valence-electron chi connectivity index (χ0n) is 10.7. The number of benzene rings is 1. The Morgan fingerprint density at radius 3 is 2.20 bits per heavy atom. The van der Waals surface area contributed by atoms with Crippen molar-refractivity contribution in [2.45, 2.75) is 19.3 Å². The number of imide groups is 1. The lowest BCUT2D eigenvalue weighted by atomic mass is 9.81. The highest BCUT2D eigenvalue weighted by molar-refractivity contribution is 6.44. The van der Waals surface area contributed by atoms with Gasteiger partial charge in [0.25, 0.3) is 0 Å². The molecule has 3 fully saturated rings. The summed E-state index contributed by atoms with van der Waals surface area (Å²) < 4.78 is 0. The van der Waals surface area contributed by atoms with Gasteiger partial charge in [-0.2, -0.15) is 0 Å². The van der Waals surface area contributed by atoms with E-state index in [1.807, 2.05) is 0 Å². The molecular formula is C15H13Cl2NO2. The van der Waals surface area contributed by atoms with Gasteiger partial charge >= 0.3 is 0 Å². The van der Waals surface area contributed by atoms with Crippen molar-refractivity contribution in [1.29, 1.82) is 0 Å². The summed E-state index contributed by atoms with van der Waals surface area (Å²) in [5.74, 6) is 0.328. The first-order chi connectivity index (χ1) is 9.59. The van der Waals surface area contributed by atoms with Crippen LogP contribution >= 0.6 is 23.2 Å². The van der Waals surface area contributed by atoms with Crippen LogP contribution in [0.15, 0.2) is 18.2 Å². The van der Waals surface area contributed by atoms with E-state index >= 15 is 0 Å². The molecule has 0 N–H and O–H groups in total. The molecule has 0 aromatic heterocycles. The van der Waals surface area contributed by atoms with Gasteiger partial charge in [-0.1, -0.05) is 29.3 Å². The summed E-state index contributed by atoms with van der Waals surface area (Å²) in [6.45, 7) is 0. The lowest BCUT2D eigenvalue weighted by Gasteiger charge is -2.19. The van der Waals surface area contributed by atoms with Gasteiger partial charge in [-0.05, 0) is 43.2 Å². The van der Waals surface area contributed by atoms with Crippen LogP contribution in [0, 0.1) is 23.7 Å². The number of fused-ring (bicyclic) bond motifs is 5. The van der Waals surface area contributed by atoms with Crippen LogP contribution in [0.3, 0.4) is 0 Å². The number of carbonyl (C=O) groups is 2. The smallest absolute Gasteiger partial charge is 0.238 e. The maximum Gasteiger partial charge on any atom is 0.238 e. The number of rotatable bonds is 1. The molecule has 1 saturated heterocycles. The Balaban J connectivity index is 1.79. The number of nitrogens with zero attached hydrogens (tertiary/aromatic N) is 1. The molecule has 2 saturated carbocycles. The van der Waals surface area contributed by atoms with Crippen molar-refractivity contribution in [1.82, 2.24) is 0 Å². The average molecular weight is 310 g/mol. The standard InChI is InChI=1S/C15H13Cl2NO2/c16-9-2-1-3-10(13(9)17)18-14(19)11-7-4-5-8(6-7)12(11)15(18)20/h1-3,7-8,11-12H,4-6H2. The molecular weight excluding hydrogens is 297 g/mol. The Morgan fingerprint density at radius 2 is 1.60 bits per heavy atom. The monoisotopic (exact) mass is 309 g/mol. The number of amides is 2. The number of hydrogen-bond donors (Lipinski definition) is 0. The molecule has 20 heavy (non-hydrogen) atoms. The topological polar surface area (TPSA) is 37.4 Å². The molecule has 104 valence electrons. The van der Waals surface area contributed by atoms with E-state index in [0.29, 0.717) is 22.5 Å². The predicted octanol–water partition coefficient (Wildman–Crippen LogP) is 3.53. The predicted molar refractivity (Wildman–Crippen MR) is 76.8 cm³/mol. The molecule has 5 heteroatoms. The molecule has 2 aliphatic carbocycles. The first-order valence-corrected chi connectivity index (χ1v) is 7.67. The van der Waals surface area contributed by atoms with E-state index < -0.39 is 0 Å². The van der Waals surface area contributed by atoms with Crippen LogP contribution in [0.1, 0.15) is 19.3 Å². The van der Waals surface area contributed by atoms with Crippen LogP contribution in [0.25, 0.3) is 0 Å². The van der Waals surface area contributed by atoms with Crippen molar-refractivity contribution in [2.24, 2.45) is 23.7 Å². The van der Waals surface area contributed by atoms with Gasteiger partial charge in [0, 0.05) is 0 Å². The summed E-state index contributed by atoms with van der Waals surface area (Å²) in [5.41, 5.74) is 0.433. The minimum absolute atomic E-state index is 0.0867. The quantitative estimate of drug-likeness (QED) is 0.744. The summed E-state index contributed by atoms with van der Waals surface area (Å²) in [7, 11) is 0. The number of carbonyl (C=O) groups excluding carboxylic acids is 2. The summed E-state index contributed by atoms with van der Waals surface area (Å²) in [5, 5.41) is 0.646. The Bertz CT molecular complexity index is 602. The van der Waals surface area contributed by atoms with Crippen LogP contribution in [-0.2, 0) is 9.59 Å². The second kappa shape index (κ2) is 4.22. The van der Waals surface area contributed by atoms with E-state index in [9.17, 15) is 9.59 Å². The number of anilines is 1. The maximum absolute atomic E-state index is 12.7. The zero-order valence-corrected chi connectivity index (χ0v) is 12.2. The van der Waals surface area contributed by atoms with E-state index in [0.717, 1.165) is 19.3 Å². The molecule has 2 amide bonds. The molecule has 0 radical (unpaired) electrons. The van der Waals surface area contributed by atoms with Crippen molar-refractivity contribution < 1.29 is 9.59 Å². The Labute approximate surface area is 126 Å². The summed E-state index contributed by atoms with van der Waals surface area (Å²) in [6.07, 6.45) is 3.17. The van der Waals surface area contributed by atoms with Crippen LogP contribution in [0.5, 0.6) is 0 Å². The first kappa shape index (κ1) is 12.7. The van der Waals surface area contributed by atoms with Crippen LogP contribution in [0.2, 0.25) is 10.0 Å². The third-order valence-electron chi connectivity index (χ3n) is 5.10. The largest absolute Gasteiger partial charge is 0.274 e. The zero-order chi connectivity index (χ0) is 14.0. The fourth-order valence-electron chi connectivity index (χ4n) is 4.31. The van der Waals surface area contributed by atoms with E-state index in [2.05, 4.69) is 0 Å². The highest BCUT2D eigenvalue weighted by Crippen LogP contribution is 2.57. The van der Waals surface area contributed by atoms with Gasteiger partial charge in [-0.3, -0.25) is 9.59 Å². The fourth-order valence-corrected chi connectivity index (χ4v) is 4.69. The van der Waals surface area contributed by atoms with Crippen LogP contribution in [-0.4, -0.2) is 11.8 Å². The first-order valence-electron chi connectivity index (χ1n) is 6.91. The van der Waals surface area contributed by atoms with Gasteiger partial charge in [-0.25, -0.2) is 4.90 Å². The molecule has 1 aromatic carbocycles. The van der Waals surface area contributed by atoms with Crippen molar-refractivity contribution in [3.8, 4) is 0 Å². The molecule has 0 spiro atoms.